The van der Waals surface area contributed by atoms with Crippen molar-refractivity contribution in [2.45, 2.75) is 26.8 Å². The van der Waals surface area contributed by atoms with E-state index in [-0.39, 0.29) is 24.7 Å². The molecule has 29 heavy (non-hydrogen) atoms. The minimum atomic E-state index is -1.53. The van der Waals surface area contributed by atoms with Gasteiger partial charge in [-0.25, -0.2) is 13.2 Å². The molecule has 0 atom stereocenters. The lowest BCUT2D eigenvalue weighted by Gasteiger charge is -2.17. The van der Waals surface area contributed by atoms with Crippen molar-refractivity contribution in [3.8, 4) is 0 Å². The predicted molar refractivity (Wildman–Crippen MR) is 104 cm³/mol. The van der Waals surface area contributed by atoms with Gasteiger partial charge in [0.25, 0.3) is 5.56 Å². The van der Waals surface area contributed by atoms with Crippen LogP contribution in [0.3, 0.4) is 0 Å². The summed E-state index contributed by atoms with van der Waals surface area (Å²) in [6.07, 6.45) is 1.99. The third kappa shape index (κ3) is 4.65. The molecular formula is C21H20F3N3O2. The van der Waals surface area contributed by atoms with Crippen molar-refractivity contribution >= 4 is 11.6 Å². The van der Waals surface area contributed by atoms with Crippen LogP contribution in [0.4, 0.5) is 24.8 Å². The molecule has 2 aromatic carbocycles. The highest BCUT2D eigenvalue weighted by Crippen LogP contribution is 2.22. The first-order chi connectivity index (χ1) is 13.8. The number of aromatic nitrogens is 2. The largest absolute Gasteiger partial charge is 0.396 e. The Labute approximate surface area is 165 Å². The standard InChI is InChI=1S/C21H20F3N3O2/c1-12-3-4-14(5-6-28)9-18(12)25-21-26-20(29)13(2)10-27(21)11-15-7-16(22)19(24)17(23)8-15/h3-4,7-10,28H,5-6,11H2,1-2H3,(H,25,26,29). The third-order valence-electron chi connectivity index (χ3n) is 4.51. The van der Waals surface area contributed by atoms with Crippen LogP contribution >= 0.6 is 0 Å². The number of hydrogen-bond donors (Lipinski definition) is 2. The van der Waals surface area contributed by atoms with Crippen molar-refractivity contribution in [3.63, 3.8) is 0 Å². The van der Waals surface area contributed by atoms with Gasteiger partial charge in [0.1, 0.15) is 0 Å². The smallest absolute Gasteiger partial charge is 0.277 e. The van der Waals surface area contributed by atoms with Crippen LogP contribution in [0.5, 0.6) is 0 Å². The number of aliphatic hydroxyl groups excluding tert-OH is 1. The lowest BCUT2D eigenvalue weighted by Crippen LogP contribution is -2.19. The van der Waals surface area contributed by atoms with Gasteiger partial charge in [0.15, 0.2) is 17.5 Å². The number of nitrogens with zero attached hydrogens (tertiary/aromatic N) is 2. The van der Waals surface area contributed by atoms with Gasteiger partial charge < -0.3 is 15.0 Å². The number of rotatable bonds is 6. The van der Waals surface area contributed by atoms with E-state index in [0.29, 0.717) is 17.7 Å². The van der Waals surface area contributed by atoms with Crippen LogP contribution < -0.4 is 10.9 Å². The van der Waals surface area contributed by atoms with E-state index in [9.17, 15) is 18.0 Å². The van der Waals surface area contributed by atoms with Gasteiger partial charge in [-0.3, -0.25) is 4.79 Å². The van der Waals surface area contributed by atoms with Gasteiger partial charge in [0.2, 0.25) is 5.95 Å². The van der Waals surface area contributed by atoms with Crippen molar-refractivity contribution in [1.29, 1.82) is 0 Å². The van der Waals surface area contributed by atoms with Crippen molar-refractivity contribution < 1.29 is 18.3 Å². The summed E-state index contributed by atoms with van der Waals surface area (Å²) in [5, 5.41) is 12.2. The van der Waals surface area contributed by atoms with Gasteiger partial charge in [-0.05, 0) is 55.2 Å². The van der Waals surface area contributed by atoms with Crippen LogP contribution in [0.25, 0.3) is 0 Å². The van der Waals surface area contributed by atoms with Crippen molar-refractivity contribution in [1.82, 2.24) is 9.55 Å². The van der Waals surface area contributed by atoms with Crippen LogP contribution in [0.15, 0.2) is 41.3 Å². The van der Waals surface area contributed by atoms with Gasteiger partial charge in [-0.15, -0.1) is 0 Å². The first-order valence-electron chi connectivity index (χ1n) is 8.97. The van der Waals surface area contributed by atoms with Crippen molar-refractivity contribution in [2.24, 2.45) is 0 Å². The summed E-state index contributed by atoms with van der Waals surface area (Å²) in [4.78, 5) is 16.1. The van der Waals surface area contributed by atoms with E-state index in [1.54, 1.807) is 6.92 Å². The van der Waals surface area contributed by atoms with E-state index in [1.165, 1.54) is 10.8 Å². The Morgan fingerprint density at radius 1 is 1.03 bits per heavy atom. The maximum absolute atomic E-state index is 13.6. The Morgan fingerprint density at radius 2 is 1.72 bits per heavy atom. The van der Waals surface area contributed by atoms with Gasteiger partial charge in [-0.2, -0.15) is 4.98 Å². The molecule has 3 aromatic rings. The molecule has 0 amide bonds. The Hall–Kier alpha value is -3.13. The quantitative estimate of drug-likeness (QED) is 0.617. The van der Waals surface area contributed by atoms with Crippen LogP contribution in [0.1, 0.15) is 22.3 Å². The molecule has 1 aromatic heterocycles. The number of anilines is 2. The molecule has 0 saturated heterocycles. The fourth-order valence-electron chi connectivity index (χ4n) is 2.92. The summed E-state index contributed by atoms with van der Waals surface area (Å²) in [7, 11) is 0. The number of benzene rings is 2. The average Bonchev–Trinajstić information content (AvgIpc) is 2.66. The molecule has 0 spiro atoms. The first kappa shape index (κ1) is 20.6. The Morgan fingerprint density at radius 3 is 2.38 bits per heavy atom. The second-order valence-electron chi connectivity index (χ2n) is 6.80. The number of halogens is 3. The molecule has 0 aliphatic heterocycles. The molecular weight excluding hydrogens is 383 g/mol. The van der Waals surface area contributed by atoms with E-state index in [0.717, 1.165) is 23.3 Å². The van der Waals surface area contributed by atoms with Crippen molar-refractivity contribution in [2.75, 3.05) is 11.9 Å². The summed E-state index contributed by atoms with van der Waals surface area (Å²) in [5.41, 5.74) is 2.54. The zero-order valence-corrected chi connectivity index (χ0v) is 16.0. The summed E-state index contributed by atoms with van der Waals surface area (Å²) < 4.78 is 41.9. The zero-order chi connectivity index (χ0) is 21.1. The second kappa shape index (κ2) is 8.48. The molecule has 5 nitrogen and oxygen atoms in total. The fraction of sp³-hybridized carbons (Fsp3) is 0.238. The lowest BCUT2D eigenvalue weighted by molar-refractivity contribution is 0.299. The molecule has 0 aliphatic carbocycles. The SMILES string of the molecule is Cc1ccc(CCO)cc1Nc1nc(=O)c(C)cn1Cc1cc(F)c(F)c(F)c1. The van der Waals surface area contributed by atoms with Crippen LogP contribution in [0, 0.1) is 31.3 Å². The molecule has 152 valence electrons. The van der Waals surface area contributed by atoms with Gasteiger partial charge in [0.05, 0.1) is 6.54 Å². The number of aryl methyl sites for hydroxylation is 2. The number of hydrogen-bond acceptors (Lipinski definition) is 4. The van der Waals surface area contributed by atoms with E-state index in [2.05, 4.69) is 10.3 Å². The van der Waals surface area contributed by atoms with Crippen molar-refractivity contribution in [3.05, 3.63) is 86.6 Å². The highest BCUT2D eigenvalue weighted by atomic mass is 19.2. The maximum Gasteiger partial charge on any atom is 0.277 e. The highest BCUT2D eigenvalue weighted by molar-refractivity contribution is 5.59. The Kier molecular flexibility index (Phi) is 6.03. The van der Waals surface area contributed by atoms with E-state index >= 15 is 0 Å². The Balaban J connectivity index is 2.01. The summed E-state index contributed by atoms with van der Waals surface area (Å²) in [5.74, 6) is -3.92. The summed E-state index contributed by atoms with van der Waals surface area (Å²) in [6, 6.07) is 7.40. The second-order valence-corrected chi connectivity index (χ2v) is 6.80. The number of nitrogens with one attached hydrogen (secondary N) is 1. The minimum absolute atomic E-state index is 0.00230. The van der Waals surface area contributed by atoms with Gasteiger partial charge in [-0.1, -0.05) is 12.1 Å². The van der Waals surface area contributed by atoms with Crippen LogP contribution in [0.2, 0.25) is 0 Å². The third-order valence-corrected chi connectivity index (χ3v) is 4.51. The lowest BCUT2D eigenvalue weighted by atomic mass is 10.1. The molecule has 2 N–H and O–H groups in total. The first-order valence-corrected chi connectivity index (χ1v) is 8.97. The molecule has 0 fully saturated rings. The molecule has 0 aliphatic rings. The topological polar surface area (TPSA) is 67.2 Å². The van der Waals surface area contributed by atoms with Gasteiger partial charge >= 0.3 is 0 Å². The van der Waals surface area contributed by atoms with E-state index < -0.39 is 23.0 Å². The van der Waals surface area contributed by atoms with Crippen LogP contribution in [-0.4, -0.2) is 21.3 Å². The summed E-state index contributed by atoms with van der Waals surface area (Å²) in [6.45, 7) is 3.42. The average molecular weight is 403 g/mol. The predicted octanol–water partition coefficient (Wildman–Crippen LogP) is 3.60. The maximum atomic E-state index is 13.6. The zero-order valence-electron chi connectivity index (χ0n) is 16.0. The molecule has 3 rings (SSSR count). The number of aliphatic hydroxyl groups is 1. The monoisotopic (exact) mass is 403 g/mol. The fourth-order valence-corrected chi connectivity index (χ4v) is 2.92. The molecule has 0 bridgehead atoms. The molecule has 1 heterocycles. The molecule has 0 radical (unpaired) electrons. The highest BCUT2D eigenvalue weighted by Gasteiger charge is 2.13. The summed E-state index contributed by atoms with van der Waals surface area (Å²) >= 11 is 0. The molecule has 0 saturated carbocycles. The molecule has 8 heteroatoms. The minimum Gasteiger partial charge on any atom is -0.396 e. The van der Waals surface area contributed by atoms with E-state index in [4.69, 9.17) is 5.11 Å². The van der Waals surface area contributed by atoms with E-state index in [1.807, 2.05) is 25.1 Å². The normalized spacial score (nSPS) is 11.0. The molecule has 0 unspecified atom stereocenters. The van der Waals surface area contributed by atoms with Gasteiger partial charge in [0, 0.05) is 24.1 Å². The van der Waals surface area contributed by atoms with Crippen LogP contribution in [-0.2, 0) is 13.0 Å². The Bertz CT molecular complexity index is 1090.